The number of nitriles is 1. The number of amides is 1. The van der Waals surface area contributed by atoms with Crippen molar-refractivity contribution in [2.45, 2.75) is 32.6 Å². The van der Waals surface area contributed by atoms with Gasteiger partial charge in [0, 0.05) is 6.54 Å². The first-order chi connectivity index (χ1) is 7.20. The van der Waals surface area contributed by atoms with Crippen LogP contribution in [-0.2, 0) is 4.79 Å². The van der Waals surface area contributed by atoms with Gasteiger partial charge in [-0.3, -0.25) is 4.79 Å². The summed E-state index contributed by atoms with van der Waals surface area (Å²) in [5.74, 6) is 2.38. The topological polar surface area (TPSA) is 44.1 Å². The molecule has 1 fully saturated rings. The molecule has 1 aliphatic carbocycles. The van der Waals surface area contributed by atoms with Crippen LogP contribution in [0.15, 0.2) is 0 Å². The maximum Gasteiger partial charge on any atom is 0.243 e. The van der Waals surface area contributed by atoms with E-state index in [9.17, 15) is 4.79 Å². The van der Waals surface area contributed by atoms with Gasteiger partial charge in [0.05, 0.1) is 12.6 Å². The minimum Gasteiger partial charge on any atom is -0.330 e. The first-order valence-electron chi connectivity index (χ1n) is 5.34. The zero-order valence-electron chi connectivity index (χ0n) is 9.12. The van der Waals surface area contributed by atoms with Gasteiger partial charge < -0.3 is 4.90 Å². The van der Waals surface area contributed by atoms with Gasteiger partial charge in [-0.05, 0) is 19.8 Å². The number of rotatable bonds is 3. The molecule has 0 atom stereocenters. The molecule has 0 heterocycles. The molecular weight excluding hydrogens is 188 g/mol. The van der Waals surface area contributed by atoms with Gasteiger partial charge in [-0.1, -0.05) is 18.8 Å². The predicted octanol–water partition coefficient (Wildman–Crippen LogP) is 1.55. The van der Waals surface area contributed by atoms with E-state index in [1.54, 1.807) is 4.90 Å². The number of terminal acetylenes is 1. The van der Waals surface area contributed by atoms with E-state index in [1.807, 2.05) is 6.92 Å². The highest BCUT2D eigenvalue weighted by molar-refractivity contribution is 5.86. The van der Waals surface area contributed by atoms with Crippen molar-refractivity contribution in [1.82, 2.24) is 4.90 Å². The second-order valence-corrected chi connectivity index (χ2v) is 3.92. The second-order valence-electron chi connectivity index (χ2n) is 3.92. The van der Waals surface area contributed by atoms with Gasteiger partial charge in [-0.15, -0.1) is 6.42 Å². The Morgan fingerprint density at radius 3 is 2.53 bits per heavy atom. The van der Waals surface area contributed by atoms with E-state index in [0.717, 1.165) is 12.8 Å². The zero-order valence-corrected chi connectivity index (χ0v) is 9.12. The minimum atomic E-state index is -0.785. The summed E-state index contributed by atoms with van der Waals surface area (Å²) >= 11 is 0. The van der Waals surface area contributed by atoms with Gasteiger partial charge in [0.2, 0.25) is 5.91 Å². The highest BCUT2D eigenvalue weighted by Crippen LogP contribution is 2.38. The molecule has 15 heavy (non-hydrogen) atoms. The fourth-order valence-corrected chi connectivity index (χ4v) is 2.09. The largest absolute Gasteiger partial charge is 0.330 e. The number of hydrogen-bond acceptors (Lipinski definition) is 2. The van der Waals surface area contributed by atoms with Crippen LogP contribution in [0.25, 0.3) is 0 Å². The van der Waals surface area contributed by atoms with Crippen molar-refractivity contribution in [3.8, 4) is 18.4 Å². The molecule has 0 aromatic rings. The molecule has 0 aliphatic heterocycles. The van der Waals surface area contributed by atoms with E-state index in [4.69, 9.17) is 11.7 Å². The number of hydrogen-bond donors (Lipinski definition) is 0. The lowest BCUT2D eigenvalue weighted by molar-refractivity contribution is -0.138. The summed E-state index contributed by atoms with van der Waals surface area (Å²) in [6, 6.07) is 2.19. The quantitative estimate of drug-likeness (QED) is 0.655. The summed E-state index contributed by atoms with van der Waals surface area (Å²) in [5, 5.41) is 9.15. The Bertz CT molecular complexity index is 315. The number of carbonyl (C=O) groups excluding carboxylic acids is 1. The second kappa shape index (κ2) is 4.84. The average Bonchev–Trinajstić information content (AvgIpc) is 2.74. The SMILES string of the molecule is C#CCN(CC)C(=O)C1(C#N)CCCC1. The molecule has 0 spiro atoms. The summed E-state index contributed by atoms with van der Waals surface area (Å²) < 4.78 is 0. The van der Waals surface area contributed by atoms with Crippen molar-refractivity contribution in [3.63, 3.8) is 0 Å². The van der Waals surface area contributed by atoms with Crippen LogP contribution < -0.4 is 0 Å². The van der Waals surface area contributed by atoms with Crippen LogP contribution in [-0.4, -0.2) is 23.9 Å². The molecule has 3 heteroatoms. The van der Waals surface area contributed by atoms with Gasteiger partial charge in [0.25, 0.3) is 0 Å². The molecule has 1 aliphatic rings. The third kappa shape index (κ3) is 2.13. The van der Waals surface area contributed by atoms with Crippen molar-refractivity contribution in [3.05, 3.63) is 0 Å². The fraction of sp³-hybridized carbons (Fsp3) is 0.667. The van der Waals surface area contributed by atoms with E-state index >= 15 is 0 Å². The van der Waals surface area contributed by atoms with Gasteiger partial charge in [-0.25, -0.2) is 0 Å². The van der Waals surface area contributed by atoms with Crippen LogP contribution in [0.2, 0.25) is 0 Å². The van der Waals surface area contributed by atoms with Crippen molar-refractivity contribution >= 4 is 5.91 Å². The molecule has 0 unspecified atom stereocenters. The first kappa shape index (κ1) is 11.6. The standard InChI is InChI=1S/C12H16N2O/c1-3-9-14(4-2)11(15)12(10-13)7-5-6-8-12/h1H,4-9H2,2H3. The average molecular weight is 204 g/mol. The predicted molar refractivity (Wildman–Crippen MR) is 57.6 cm³/mol. The van der Waals surface area contributed by atoms with Crippen molar-refractivity contribution in [2.24, 2.45) is 5.41 Å². The lowest BCUT2D eigenvalue weighted by Gasteiger charge is -2.27. The van der Waals surface area contributed by atoms with Gasteiger partial charge in [0.15, 0.2) is 0 Å². The first-order valence-corrected chi connectivity index (χ1v) is 5.34. The van der Waals surface area contributed by atoms with Gasteiger partial charge in [-0.2, -0.15) is 5.26 Å². The maximum atomic E-state index is 12.1. The smallest absolute Gasteiger partial charge is 0.243 e. The summed E-state index contributed by atoms with van der Waals surface area (Å²) in [6.07, 6.45) is 8.50. The van der Waals surface area contributed by atoms with Crippen LogP contribution >= 0.6 is 0 Å². The molecule has 0 bridgehead atoms. The lowest BCUT2D eigenvalue weighted by atomic mass is 9.86. The highest BCUT2D eigenvalue weighted by Gasteiger charge is 2.43. The molecule has 0 saturated heterocycles. The molecular formula is C12H16N2O. The summed E-state index contributed by atoms with van der Waals surface area (Å²) in [4.78, 5) is 13.7. The Morgan fingerprint density at radius 1 is 1.53 bits per heavy atom. The Hall–Kier alpha value is -1.48. The molecule has 1 amide bonds. The molecule has 80 valence electrons. The van der Waals surface area contributed by atoms with E-state index in [1.165, 1.54) is 0 Å². The van der Waals surface area contributed by atoms with Crippen LogP contribution in [0.1, 0.15) is 32.6 Å². The van der Waals surface area contributed by atoms with Crippen LogP contribution in [0.3, 0.4) is 0 Å². The third-order valence-corrected chi connectivity index (χ3v) is 3.03. The van der Waals surface area contributed by atoms with Crippen molar-refractivity contribution in [2.75, 3.05) is 13.1 Å². The molecule has 0 aromatic heterocycles. The Labute approximate surface area is 91.1 Å². The maximum absolute atomic E-state index is 12.1. The molecule has 0 aromatic carbocycles. The van der Waals surface area contributed by atoms with Gasteiger partial charge >= 0.3 is 0 Å². The van der Waals surface area contributed by atoms with Gasteiger partial charge in [0.1, 0.15) is 5.41 Å². The molecule has 0 radical (unpaired) electrons. The van der Waals surface area contributed by atoms with Crippen LogP contribution in [0.5, 0.6) is 0 Å². The third-order valence-electron chi connectivity index (χ3n) is 3.03. The minimum absolute atomic E-state index is 0.0806. The van der Waals surface area contributed by atoms with E-state index in [2.05, 4.69) is 12.0 Å². The van der Waals surface area contributed by atoms with E-state index < -0.39 is 5.41 Å². The van der Waals surface area contributed by atoms with Crippen molar-refractivity contribution < 1.29 is 4.79 Å². The highest BCUT2D eigenvalue weighted by atomic mass is 16.2. The normalized spacial score (nSPS) is 17.8. The molecule has 3 nitrogen and oxygen atoms in total. The van der Waals surface area contributed by atoms with E-state index in [-0.39, 0.29) is 5.91 Å². The fourth-order valence-electron chi connectivity index (χ4n) is 2.09. The Morgan fingerprint density at radius 2 is 2.13 bits per heavy atom. The van der Waals surface area contributed by atoms with Crippen LogP contribution in [0, 0.1) is 29.1 Å². The monoisotopic (exact) mass is 204 g/mol. The van der Waals surface area contributed by atoms with Crippen LogP contribution in [0.4, 0.5) is 0 Å². The molecule has 1 saturated carbocycles. The summed E-state index contributed by atoms with van der Waals surface area (Å²) in [5.41, 5.74) is -0.785. The number of nitrogens with zero attached hydrogens (tertiary/aromatic N) is 2. The number of carbonyl (C=O) groups is 1. The summed E-state index contributed by atoms with van der Waals surface area (Å²) in [6.45, 7) is 2.76. The molecule has 1 rings (SSSR count). The van der Waals surface area contributed by atoms with E-state index in [0.29, 0.717) is 25.9 Å². The Balaban J connectivity index is 2.82. The zero-order chi connectivity index (χ0) is 11.3. The lowest BCUT2D eigenvalue weighted by Crippen LogP contribution is -2.42. The molecule has 0 N–H and O–H groups in total. The summed E-state index contributed by atoms with van der Waals surface area (Å²) in [7, 11) is 0. The van der Waals surface area contributed by atoms with Crippen molar-refractivity contribution in [1.29, 1.82) is 5.26 Å². The Kier molecular flexibility index (Phi) is 3.74.